The summed E-state index contributed by atoms with van der Waals surface area (Å²) >= 11 is 0. The Labute approximate surface area is 98.6 Å². The lowest BCUT2D eigenvalue weighted by molar-refractivity contribution is -0.138. The highest BCUT2D eigenvalue weighted by Crippen LogP contribution is 2.37. The molecule has 0 saturated heterocycles. The number of hydrogen-bond donors (Lipinski definition) is 1. The molecule has 17 heavy (non-hydrogen) atoms. The molecule has 1 aromatic carbocycles. The summed E-state index contributed by atoms with van der Waals surface area (Å²) in [5.41, 5.74) is 4.60. The van der Waals surface area contributed by atoms with E-state index < -0.39 is 11.7 Å². The SMILES string of the molecule is CC(C)CCOc1ccc(N)cc1C(F)(F)F. The largest absolute Gasteiger partial charge is 0.493 e. The molecule has 0 heterocycles. The highest BCUT2D eigenvalue weighted by molar-refractivity contribution is 5.49. The van der Waals surface area contributed by atoms with Crippen LogP contribution in [0.2, 0.25) is 0 Å². The Morgan fingerprint density at radius 1 is 1.29 bits per heavy atom. The van der Waals surface area contributed by atoms with E-state index in [1.807, 2.05) is 13.8 Å². The van der Waals surface area contributed by atoms with Crippen molar-refractivity contribution < 1.29 is 17.9 Å². The molecule has 0 aliphatic rings. The molecule has 0 amide bonds. The minimum absolute atomic E-state index is 0.0773. The summed E-state index contributed by atoms with van der Waals surface area (Å²) in [5, 5.41) is 0. The molecule has 0 aliphatic heterocycles. The summed E-state index contributed by atoms with van der Waals surface area (Å²) in [6.07, 6.45) is -3.73. The minimum Gasteiger partial charge on any atom is -0.493 e. The van der Waals surface area contributed by atoms with Crippen LogP contribution in [-0.2, 0) is 6.18 Å². The molecule has 0 unspecified atom stereocenters. The molecule has 5 heteroatoms. The van der Waals surface area contributed by atoms with Crippen LogP contribution in [0.15, 0.2) is 18.2 Å². The Morgan fingerprint density at radius 2 is 1.94 bits per heavy atom. The molecule has 96 valence electrons. The Balaban J connectivity index is 2.84. The molecule has 0 fully saturated rings. The Bertz CT molecular complexity index is 375. The van der Waals surface area contributed by atoms with Gasteiger partial charge in [0.15, 0.2) is 0 Å². The molecule has 0 radical (unpaired) electrons. The summed E-state index contributed by atoms with van der Waals surface area (Å²) in [7, 11) is 0. The molecular formula is C12H16F3NO. The van der Waals surface area contributed by atoms with Gasteiger partial charge in [0, 0.05) is 5.69 Å². The van der Waals surface area contributed by atoms with Crippen LogP contribution in [0.4, 0.5) is 18.9 Å². The van der Waals surface area contributed by atoms with E-state index in [1.165, 1.54) is 12.1 Å². The maximum absolute atomic E-state index is 12.7. The number of alkyl halides is 3. The monoisotopic (exact) mass is 247 g/mol. The zero-order valence-corrected chi connectivity index (χ0v) is 9.84. The first-order valence-electron chi connectivity index (χ1n) is 5.40. The maximum Gasteiger partial charge on any atom is 0.420 e. The van der Waals surface area contributed by atoms with E-state index >= 15 is 0 Å². The normalized spacial score (nSPS) is 11.9. The van der Waals surface area contributed by atoms with E-state index in [9.17, 15) is 13.2 Å². The standard InChI is InChI=1S/C12H16F3NO/c1-8(2)5-6-17-11-4-3-9(16)7-10(11)12(13,14)15/h3-4,7-8H,5-6,16H2,1-2H3. The van der Waals surface area contributed by atoms with Gasteiger partial charge in [0.05, 0.1) is 12.2 Å². The fourth-order valence-corrected chi connectivity index (χ4v) is 1.30. The Hall–Kier alpha value is -1.39. The molecule has 1 aromatic rings. The van der Waals surface area contributed by atoms with Crippen LogP contribution in [-0.4, -0.2) is 6.61 Å². The zero-order valence-electron chi connectivity index (χ0n) is 9.84. The van der Waals surface area contributed by atoms with E-state index in [0.29, 0.717) is 12.3 Å². The summed E-state index contributed by atoms with van der Waals surface area (Å²) in [5.74, 6) is 0.227. The smallest absolute Gasteiger partial charge is 0.420 e. The maximum atomic E-state index is 12.7. The molecule has 0 spiro atoms. The highest BCUT2D eigenvalue weighted by atomic mass is 19.4. The van der Waals surface area contributed by atoms with Gasteiger partial charge in [0.25, 0.3) is 0 Å². The van der Waals surface area contributed by atoms with Crippen molar-refractivity contribution in [1.82, 2.24) is 0 Å². The van der Waals surface area contributed by atoms with Crippen molar-refractivity contribution in [3.8, 4) is 5.75 Å². The fraction of sp³-hybridized carbons (Fsp3) is 0.500. The number of ether oxygens (including phenoxy) is 1. The van der Waals surface area contributed by atoms with Crippen molar-refractivity contribution in [1.29, 1.82) is 0 Å². The van der Waals surface area contributed by atoms with Gasteiger partial charge in [-0.2, -0.15) is 13.2 Å². The van der Waals surface area contributed by atoms with Crippen molar-refractivity contribution in [2.45, 2.75) is 26.4 Å². The van der Waals surface area contributed by atoms with Crippen molar-refractivity contribution in [3.05, 3.63) is 23.8 Å². The number of anilines is 1. The van der Waals surface area contributed by atoms with Gasteiger partial charge in [-0.1, -0.05) is 13.8 Å². The van der Waals surface area contributed by atoms with Gasteiger partial charge in [0.1, 0.15) is 5.75 Å². The summed E-state index contributed by atoms with van der Waals surface area (Å²) in [4.78, 5) is 0. The number of benzene rings is 1. The van der Waals surface area contributed by atoms with E-state index in [2.05, 4.69) is 0 Å². The number of halogens is 3. The Morgan fingerprint density at radius 3 is 2.47 bits per heavy atom. The third kappa shape index (κ3) is 4.17. The second-order valence-electron chi connectivity index (χ2n) is 4.28. The summed E-state index contributed by atoms with van der Waals surface area (Å²) in [6, 6.07) is 3.56. The van der Waals surface area contributed by atoms with Gasteiger partial charge in [0.2, 0.25) is 0 Å². The van der Waals surface area contributed by atoms with Crippen LogP contribution in [0.25, 0.3) is 0 Å². The number of nitrogen functional groups attached to an aromatic ring is 1. The van der Waals surface area contributed by atoms with Crippen molar-refractivity contribution in [2.24, 2.45) is 5.92 Å². The topological polar surface area (TPSA) is 35.2 Å². The molecular weight excluding hydrogens is 231 g/mol. The van der Waals surface area contributed by atoms with Crippen LogP contribution in [0.5, 0.6) is 5.75 Å². The number of hydrogen-bond acceptors (Lipinski definition) is 2. The molecule has 0 aromatic heterocycles. The molecule has 0 saturated carbocycles. The molecule has 2 N–H and O–H groups in total. The van der Waals surface area contributed by atoms with Crippen LogP contribution >= 0.6 is 0 Å². The predicted octanol–water partition coefficient (Wildman–Crippen LogP) is 3.71. The second-order valence-corrected chi connectivity index (χ2v) is 4.28. The average Bonchev–Trinajstić information content (AvgIpc) is 2.18. The molecule has 1 rings (SSSR count). The first kappa shape index (κ1) is 13.7. The third-order valence-electron chi connectivity index (χ3n) is 2.26. The lowest BCUT2D eigenvalue weighted by Crippen LogP contribution is -2.10. The Kier molecular flexibility index (Phi) is 4.26. The van der Waals surface area contributed by atoms with Crippen molar-refractivity contribution in [3.63, 3.8) is 0 Å². The van der Waals surface area contributed by atoms with Gasteiger partial charge in [-0.15, -0.1) is 0 Å². The van der Waals surface area contributed by atoms with Gasteiger partial charge >= 0.3 is 6.18 Å². The lowest BCUT2D eigenvalue weighted by atomic mass is 10.1. The van der Waals surface area contributed by atoms with Crippen LogP contribution in [0, 0.1) is 5.92 Å². The predicted molar refractivity (Wildman–Crippen MR) is 60.8 cm³/mol. The molecule has 2 nitrogen and oxygen atoms in total. The van der Waals surface area contributed by atoms with E-state index in [1.54, 1.807) is 0 Å². The molecule has 0 atom stereocenters. The van der Waals surface area contributed by atoms with Gasteiger partial charge < -0.3 is 10.5 Å². The fourth-order valence-electron chi connectivity index (χ4n) is 1.30. The summed E-state index contributed by atoms with van der Waals surface area (Å²) in [6.45, 7) is 4.23. The lowest BCUT2D eigenvalue weighted by Gasteiger charge is -2.15. The zero-order chi connectivity index (χ0) is 13.1. The summed E-state index contributed by atoms with van der Waals surface area (Å²) < 4.78 is 43.2. The van der Waals surface area contributed by atoms with Gasteiger partial charge in [-0.05, 0) is 30.5 Å². The quantitative estimate of drug-likeness (QED) is 0.823. The van der Waals surface area contributed by atoms with Crippen LogP contribution < -0.4 is 10.5 Å². The first-order valence-corrected chi connectivity index (χ1v) is 5.40. The minimum atomic E-state index is -4.44. The molecule has 0 aliphatic carbocycles. The number of rotatable bonds is 4. The van der Waals surface area contributed by atoms with E-state index in [0.717, 1.165) is 6.07 Å². The first-order chi connectivity index (χ1) is 7.80. The second kappa shape index (κ2) is 5.29. The van der Waals surface area contributed by atoms with Gasteiger partial charge in [-0.3, -0.25) is 0 Å². The molecule has 0 bridgehead atoms. The number of nitrogens with two attached hydrogens (primary N) is 1. The third-order valence-corrected chi connectivity index (χ3v) is 2.26. The van der Waals surface area contributed by atoms with E-state index in [-0.39, 0.29) is 18.0 Å². The average molecular weight is 247 g/mol. The van der Waals surface area contributed by atoms with Crippen molar-refractivity contribution in [2.75, 3.05) is 12.3 Å². The van der Waals surface area contributed by atoms with Crippen molar-refractivity contribution >= 4 is 5.69 Å². The van der Waals surface area contributed by atoms with E-state index in [4.69, 9.17) is 10.5 Å². The van der Waals surface area contributed by atoms with Gasteiger partial charge in [-0.25, -0.2) is 0 Å². The highest BCUT2D eigenvalue weighted by Gasteiger charge is 2.34. The van der Waals surface area contributed by atoms with Crippen LogP contribution in [0.3, 0.4) is 0 Å². The van der Waals surface area contributed by atoms with Crippen LogP contribution in [0.1, 0.15) is 25.8 Å².